The lowest BCUT2D eigenvalue weighted by Gasteiger charge is -2.13. The fourth-order valence-electron chi connectivity index (χ4n) is 2.69. The quantitative estimate of drug-likeness (QED) is 0.495. The Kier molecular flexibility index (Phi) is 4.70. The van der Waals surface area contributed by atoms with Gasteiger partial charge in [-0.3, -0.25) is 15.5 Å². The molecule has 0 bridgehead atoms. The van der Waals surface area contributed by atoms with Gasteiger partial charge in [-0.05, 0) is 12.1 Å². The van der Waals surface area contributed by atoms with Gasteiger partial charge in [0, 0.05) is 17.0 Å². The van der Waals surface area contributed by atoms with Crippen LogP contribution in [0, 0.1) is 5.41 Å². The number of nitrogens with zero attached hydrogens (tertiary/aromatic N) is 1. The van der Waals surface area contributed by atoms with Gasteiger partial charge in [-0.25, -0.2) is 4.98 Å². The van der Waals surface area contributed by atoms with Gasteiger partial charge < -0.3 is 15.2 Å². The fourth-order valence-corrected chi connectivity index (χ4v) is 2.69. The summed E-state index contributed by atoms with van der Waals surface area (Å²) in [6.45, 7) is 0. The number of rotatable bonds is 4. The van der Waals surface area contributed by atoms with E-state index in [1.165, 1.54) is 14.2 Å². The summed E-state index contributed by atoms with van der Waals surface area (Å²) in [6.07, 6.45) is 0. The largest absolute Gasteiger partial charge is 0.493 e. The summed E-state index contributed by atoms with van der Waals surface area (Å²) < 4.78 is 10.7. The Hall–Kier alpha value is -3.61. The van der Waals surface area contributed by atoms with Crippen LogP contribution in [0.1, 0.15) is 10.4 Å². The van der Waals surface area contributed by atoms with Crippen LogP contribution in [0.3, 0.4) is 0 Å². The Balaban J connectivity index is 2.29. The highest BCUT2D eigenvalue weighted by atomic mass is 16.5. The lowest BCUT2D eigenvalue weighted by atomic mass is 10.0. The molecule has 132 valence electrons. The van der Waals surface area contributed by atoms with E-state index in [-0.39, 0.29) is 0 Å². The first-order valence-corrected chi connectivity index (χ1v) is 7.81. The lowest BCUT2D eigenvalue weighted by molar-refractivity contribution is 0.0978. The van der Waals surface area contributed by atoms with Crippen LogP contribution < -0.4 is 20.5 Å². The van der Waals surface area contributed by atoms with Crippen molar-refractivity contribution in [1.29, 1.82) is 5.41 Å². The van der Waals surface area contributed by atoms with Crippen molar-refractivity contribution in [2.75, 3.05) is 14.2 Å². The summed E-state index contributed by atoms with van der Waals surface area (Å²) in [7, 11) is 3.05. The number of nitrogens with two attached hydrogens (primary N) is 1. The molecule has 1 amide bonds. The van der Waals surface area contributed by atoms with Crippen molar-refractivity contribution in [2.45, 2.75) is 0 Å². The van der Waals surface area contributed by atoms with Gasteiger partial charge in [-0.1, -0.05) is 30.3 Å². The molecule has 4 N–H and O–H groups in total. The van der Waals surface area contributed by atoms with Crippen molar-refractivity contribution in [3.8, 4) is 22.8 Å². The van der Waals surface area contributed by atoms with E-state index in [0.717, 1.165) is 5.56 Å². The highest BCUT2D eigenvalue weighted by Crippen LogP contribution is 2.34. The van der Waals surface area contributed by atoms with Crippen LogP contribution in [0.2, 0.25) is 0 Å². The van der Waals surface area contributed by atoms with Crippen molar-refractivity contribution < 1.29 is 14.3 Å². The molecule has 3 aromatic rings. The average molecular weight is 350 g/mol. The monoisotopic (exact) mass is 350 g/mol. The van der Waals surface area contributed by atoms with Crippen LogP contribution in [-0.2, 0) is 0 Å². The normalized spacial score (nSPS) is 10.4. The number of hydrogen-bond acceptors (Lipinski definition) is 5. The van der Waals surface area contributed by atoms with Gasteiger partial charge in [0.15, 0.2) is 17.5 Å². The van der Waals surface area contributed by atoms with E-state index in [4.69, 9.17) is 20.6 Å². The third-order valence-corrected chi connectivity index (χ3v) is 3.88. The molecule has 0 spiro atoms. The standard InChI is InChI=1S/C19H18N4O3/c1-25-16-9-12-13(18(24)23-19(20)21)8-14(11-6-4-3-5-7-11)22-15(12)10-17(16)26-2/h3-10H,1-2H3,(H4,20,21,23,24). The van der Waals surface area contributed by atoms with Gasteiger partial charge in [-0.2, -0.15) is 0 Å². The van der Waals surface area contributed by atoms with Crippen molar-refractivity contribution in [3.05, 3.63) is 54.1 Å². The molecule has 0 atom stereocenters. The molecule has 26 heavy (non-hydrogen) atoms. The van der Waals surface area contributed by atoms with Gasteiger partial charge in [-0.15, -0.1) is 0 Å². The summed E-state index contributed by atoms with van der Waals surface area (Å²) in [4.78, 5) is 17.2. The van der Waals surface area contributed by atoms with E-state index in [0.29, 0.717) is 33.7 Å². The maximum Gasteiger partial charge on any atom is 0.258 e. The Labute approximate surface area is 150 Å². The highest BCUT2D eigenvalue weighted by molar-refractivity contribution is 6.12. The van der Waals surface area contributed by atoms with Gasteiger partial charge in [0.05, 0.1) is 31.0 Å². The molecular formula is C19H18N4O3. The zero-order valence-corrected chi connectivity index (χ0v) is 14.4. The van der Waals surface area contributed by atoms with Crippen molar-refractivity contribution in [3.63, 3.8) is 0 Å². The molecule has 0 aliphatic heterocycles. The fraction of sp³-hybridized carbons (Fsp3) is 0.105. The van der Waals surface area contributed by atoms with Crippen LogP contribution in [0.5, 0.6) is 11.5 Å². The predicted molar refractivity (Wildman–Crippen MR) is 99.7 cm³/mol. The summed E-state index contributed by atoms with van der Waals surface area (Å²) >= 11 is 0. The van der Waals surface area contributed by atoms with E-state index < -0.39 is 11.9 Å². The molecule has 1 heterocycles. The van der Waals surface area contributed by atoms with E-state index in [1.54, 1.807) is 18.2 Å². The number of hydrogen-bond donors (Lipinski definition) is 3. The minimum atomic E-state index is -0.491. The van der Waals surface area contributed by atoms with Crippen molar-refractivity contribution in [1.82, 2.24) is 10.3 Å². The molecule has 0 saturated carbocycles. The Morgan fingerprint density at radius 2 is 1.73 bits per heavy atom. The third-order valence-electron chi connectivity index (χ3n) is 3.88. The highest BCUT2D eigenvalue weighted by Gasteiger charge is 2.17. The second-order valence-electron chi connectivity index (χ2n) is 5.51. The van der Waals surface area contributed by atoms with E-state index in [2.05, 4.69) is 10.3 Å². The number of ether oxygens (including phenoxy) is 2. The molecule has 7 nitrogen and oxygen atoms in total. The Morgan fingerprint density at radius 1 is 1.08 bits per heavy atom. The second kappa shape index (κ2) is 7.10. The van der Waals surface area contributed by atoms with Crippen molar-refractivity contribution in [2.24, 2.45) is 5.73 Å². The number of benzene rings is 2. The molecule has 0 unspecified atom stereocenters. The molecule has 0 fully saturated rings. The number of carbonyl (C=O) groups is 1. The molecule has 0 aliphatic carbocycles. The smallest absolute Gasteiger partial charge is 0.258 e. The third kappa shape index (κ3) is 3.27. The van der Waals surface area contributed by atoms with E-state index in [9.17, 15) is 4.79 Å². The number of methoxy groups -OCH3 is 2. The zero-order valence-electron chi connectivity index (χ0n) is 14.4. The number of carbonyl (C=O) groups excluding carboxylic acids is 1. The van der Waals surface area contributed by atoms with Gasteiger partial charge in [0.25, 0.3) is 5.91 Å². The minimum absolute atomic E-state index is 0.338. The average Bonchev–Trinajstić information content (AvgIpc) is 2.66. The first-order valence-electron chi connectivity index (χ1n) is 7.81. The number of nitrogens with one attached hydrogen (secondary N) is 2. The molecule has 0 aliphatic rings. The maximum absolute atomic E-state index is 12.6. The van der Waals surface area contributed by atoms with Crippen molar-refractivity contribution >= 4 is 22.8 Å². The summed E-state index contributed by atoms with van der Waals surface area (Å²) in [5.74, 6) is 0.0674. The van der Waals surface area contributed by atoms with Crippen LogP contribution in [0.25, 0.3) is 22.2 Å². The summed E-state index contributed by atoms with van der Waals surface area (Å²) in [5, 5.41) is 10.2. The first-order chi connectivity index (χ1) is 12.5. The number of pyridine rings is 1. The molecule has 1 aromatic heterocycles. The molecule has 3 rings (SSSR count). The van der Waals surface area contributed by atoms with Crippen LogP contribution in [-0.4, -0.2) is 31.1 Å². The van der Waals surface area contributed by atoms with Crippen LogP contribution >= 0.6 is 0 Å². The molecule has 0 radical (unpaired) electrons. The van der Waals surface area contributed by atoms with Crippen LogP contribution in [0.4, 0.5) is 0 Å². The summed E-state index contributed by atoms with van der Waals surface area (Å²) in [5.41, 5.74) is 7.71. The lowest BCUT2D eigenvalue weighted by Crippen LogP contribution is -2.35. The topological polar surface area (TPSA) is 110 Å². The number of amides is 1. The Morgan fingerprint density at radius 3 is 2.35 bits per heavy atom. The minimum Gasteiger partial charge on any atom is -0.493 e. The van der Waals surface area contributed by atoms with Gasteiger partial charge >= 0.3 is 0 Å². The van der Waals surface area contributed by atoms with Crippen LogP contribution in [0.15, 0.2) is 48.5 Å². The van der Waals surface area contributed by atoms with Gasteiger partial charge in [0.1, 0.15) is 0 Å². The molecule has 0 saturated heterocycles. The number of guanidine groups is 1. The van der Waals surface area contributed by atoms with Gasteiger partial charge in [0.2, 0.25) is 0 Å². The predicted octanol–water partition coefficient (Wildman–Crippen LogP) is 2.54. The Bertz CT molecular complexity index is 987. The number of aromatic nitrogens is 1. The first kappa shape index (κ1) is 17.2. The summed E-state index contributed by atoms with van der Waals surface area (Å²) in [6, 6.07) is 14.6. The second-order valence-corrected chi connectivity index (χ2v) is 5.51. The maximum atomic E-state index is 12.6. The SMILES string of the molecule is COc1cc2nc(-c3ccccc3)cc(C(=O)NC(=N)N)c2cc1OC. The number of fused-ring (bicyclic) bond motifs is 1. The molecular weight excluding hydrogens is 332 g/mol. The van der Waals surface area contributed by atoms with E-state index in [1.807, 2.05) is 30.3 Å². The molecule has 2 aromatic carbocycles. The van der Waals surface area contributed by atoms with E-state index >= 15 is 0 Å². The molecule has 7 heteroatoms. The zero-order chi connectivity index (χ0) is 18.7.